The van der Waals surface area contributed by atoms with E-state index < -0.39 is 28.9 Å². The van der Waals surface area contributed by atoms with Gasteiger partial charge in [0.2, 0.25) is 5.88 Å². The molecule has 0 aliphatic rings. The van der Waals surface area contributed by atoms with Gasteiger partial charge in [0.15, 0.2) is 0 Å². The topological polar surface area (TPSA) is 74.8 Å². The van der Waals surface area contributed by atoms with Crippen molar-refractivity contribution < 1.29 is 23.4 Å². The van der Waals surface area contributed by atoms with Crippen LogP contribution in [0.25, 0.3) is 16.5 Å². The number of rotatable bonds is 3. The Morgan fingerprint density at radius 1 is 0.871 bits per heavy atom. The Kier molecular flexibility index (Phi) is 4.98. The number of pyridine rings is 1. The number of phenolic OH excluding ortho intramolecular Hbond substituents is 1. The SMILES string of the molecule is O=c1c2ccccc2c(C=Nc2cccc(O)c2)c(O)n1-c1ccccc1C(F)(F)F. The second-order valence-electron chi connectivity index (χ2n) is 6.72. The van der Waals surface area contributed by atoms with Crippen molar-refractivity contribution in [3.8, 4) is 17.3 Å². The number of aromatic hydroxyl groups is 2. The Morgan fingerprint density at radius 3 is 2.26 bits per heavy atom. The Morgan fingerprint density at radius 2 is 1.55 bits per heavy atom. The van der Waals surface area contributed by atoms with E-state index in [0.29, 0.717) is 15.6 Å². The van der Waals surface area contributed by atoms with Crippen LogP contribution in [0.4, 0.5) is 18.9 Å². The zero-order valence-electron chi connectivity index (χ0n) is 15.8. The van der Waals surface area contributed by atoms with Crippen molar-refractivity contribution in [1.29, 1.82) is 0 Å². The molecule has 0 spiro atoms. The van der Waals surface area contributed by atoms with Crippen molar-refractivity contribution in [2.75, 3.05) is 0 Å². The standard InChI is InChI=1S/C23H15F3N2O3/c24-23(25,26)19-10-3-4-11-20(19)28-21(30)17-9-2-1-8-16(17)18(22(28)31)13-27-14-6-5-7-15(29)12-14/h1-13,29,31H. The molecule has 0 aliphatic carbocycles. The molecule has 0 atom stereocenters. The first-order valence-corrected chi connectivity index (χ1v) is 9.14. The van der Waals surface area contributed by atoms with E-state index in [4.69, 9.17) is 0 Å². The summed E-state index contributed by atoms with van der Waals surface area (Å²) in [5.74, 6) is -0.697. The minimum atomic E-state index is -4.73. The fourth-order valence-corrected chi connectivity index (χ4v) is 3.33. The second-order valence-corrected chi connectivity index (χ2v) is 6.72. The Labute approximate surface area is 174 Å². The quantitative estimate of drug-likeness (QED) is 0.446. The molecule has 0 saturated heterocycles. The van der Waals surface area contributed by atoms with Crippen LogP contribution < -0.4 is 5.56 Å². The van der Waals surface area contributed by atoms with Crippen LogP contribution in [0.2, 0.25) is 0 Å². The molecule has 3 aromatic carbocycles. The molecular formula is C23H15F3N2O3. The van der Waals surface area contributed by atoms with E-state index >= 15 is 0 Å². The van der Waals surface area contributed by atoms with Gasteiger partial charge in [0.1, 0.15) is 5.75 Å². The minimum Gasteiger partial charge on any atom is -0.508 e. The van der Waals surface area contributed by atoms with Crippen LogP contribution in [0.1, 0.15) is 11.1 Å². The molecule has 0 unspecified atom stereocenters. The minimum absolute atomic E-state index is 0.0206. The van der Waals surface area contributed by atoms with E-state index in [0.717, 1.165) is 12.1 Å². The highest BCUT2D eigenvalue weighted by Crippen LogP contribution is 2.36. The molecule has 4 rings (SSSR count). The lowest BCUT2D eigenvalue weighted by atomic mass is 10.1. The highest BCUT2D eigenvalue weighted by atomic mass is 19.4. The Hall–Kier alpha value is -4.07. The molecule has 1 aromatic heterocycles. The summed E-state index contributed by atoms with van der Waals surface area (Å²) >= 11 is 0. The normalized spacial score (nSPS) is 12.0. The van der Waals surface area contributed by atoms with Crippen molar-refractivity contribution in [1.82, 2.24) is 4.57 Å². The van der Waals surface area contributed by atoms with E-state index in [1.165, 1.54) is 36.5 Å². The molecule has 0 amide bonds. The predicted molar refractivity (Wildman–Crippen MR) is 112 cm³/mol. The van der Waals surface area contributed by atoms with Gasteiger partial charge in [0.25, 0.3) is 5.56 Å². The van der Waals surface area contributed by atoms with Gasteiger partial charge in [-0.05, 0) is 30.3 Å². The van der Waals surface area contributed by atoms with Crippen LogP contribution in [0.3, 0.4) is 0 Å². The summed E-state index contributed by atoms with van der Waals surface area (Å²) < 4.78 is 41.4. The summed E-state index contributed by atoms with van der Waals surface area (Å²) in [5.41, 5.74) is -1.92. The number of para-hydroxylation sites is 1. The lowest BCUT2D eigenvalue weighted by Gasteiger charge is -2.18. The van der Waals surface area contributed by atoms with Gasteiger partial charge < -0.3 is 10.2 Å². The summed E-state index contributed by atoms with van der Waals surface area (Å²) in [7, 11) is 0. The second kappa shape index (κ2) is 7.64. The summed E-state index contributed by atoms with van der Waals surface area (Å²) in [6, 6.07) is 16.8. The maximum absolute atomic E-state index is 13.6. The molecule has 156 valence electrons. The third-order valence-electron chi connectivity index (χ3n) is 4.73. The monoisotopic (exact) mass is 424 g/mol. The molecule has 4 aromatic rings. The van der Waals surface area contributed by atoms with E-state index in [2.05, 4.69) is 4.99 Å². The number of aliphatic imine (C=N–C) groups is 1. The summed E-state index contributed by atoms with van der Waals surface area (Å²) in [5, 5.41) is 20.9. The number of phenols is 1. The van der Waals surface area contributed by atoms with Gasteiger partial charge in [-0.3, -0.25) is 9.79 Å². The molecule has 0 aliphatic heterocycles. The van der Waals surface area contributed by atoms with Crippen LogP contribution in [0.5, 0.6) is 11.6 Å². The average molecular weight is 424 g/mol. The molecule has 0 saturated carbocycles. The van der Waals surface area contributed by atoms with E-state index in [9.17, 15) is 28.2 Å². The zero-order chi connectivity index (χ0) is 22.2. The lowest BCUT2D eigenvalue weighted by molar-refractivity contribution is -0.137. The molecule has 5 nitrogen and oxygen atoms in total. The van der Waals surface area contributed by atoms with Gasteiger partial charge >= 0.3 is 6.18 Å². The zero-order valence-corrected chi connectivity index (χ0v) is 15.8. The van der Waals surface area contributed by atoms with Gasteiger partial charge in [0.05, 0.1) is 22.5 Å². The molecule has 1 heterocycles. The number of aromatic nitrogens is 1. The van der Waals surface area contributed by atoms with Crippen molar-refractivity contribution in [3.63, 3.8) is 0 Å². The maximum Gasteiger partial charge on any atom is 0.418 e. The number of benzene rings is 3. The molecule has 31 heavy (non-hydrogen) atoms. The maximum atomic E-state index is 13.6. The largest absolute Gasteiger partial charge is 0.508 e. The number of hydrogen-bond acceptors (Lipinski definition) is 4. The Balaban J connectivity index is 2.03. The third kappa shape index (κ3) is 3.75. The van der Waals surface area contributed by atoms with Crippen LogP contribution in [-0.2, 0) is 6.18 Å². The predicted octanol–water partition coefficient (Wildman–Crippen LogP) is 5.17. The van der Waals surface area contributed by atoms with Gasteiger partial charge in [0, 0.05) is 23.1 Å². The molecule has 0 fully saturated rings. The van der Waals surface area contributed by atoms with Crippen molar-refractivity contribution in [2.45, 2.75) is 6.18 Å². The van der Waals surface area contributed by atoms with E-state index in [1.54, 1.807) is 30.3 Å². The summed E-state index contributed by atoms with van der Waals surface area (Å²) in [6.45, 7) is 0. The van der Waals surface area contributed by atoms with Crippen molar-refractivity contribution in [3.05, 3.63) is 94.3 Å². The van der Waals surface area contributed by atoms with Crippen LogP contribution >= 0.6 is 0 Å². The van der Waals surface area contributed by atoms with Crippen molar-refractivity contribution in [2.24, 2.45) is 4.99 Å². The summed E-state index contributed by atoms with van der Waals surface area (Å²) in [4.78, 5) is 17.3. The van der Waals surface area contributed by atoms with Gasteiger partial charge in [-0.2, -0.15) is 13.2 Å². The number of alkyl halides is 3. The van der Waals surface area contributed by atoms with Crippen LogP contribution in [0.15, 0.2) is 82.6 Å². The van der Waals surface area contributed by atoms with Gasteiger partial charge in [-0.25, -0.2) is 4.57 Å². The molecule has 0 bridgehead atoms. The first-order chi connectivity index (χ1) is 14.8. The van der Waals surface area contributed by atoms with E-state index in [1.807, 2.05) is 0 Å². The van der Waals surface area contributed by atoms with Crippen LogP contribution in [-0.4, -0.2) is 21.0 Å². The third-order valence-corrected chi connectivity index (χ3v) is 4.73. The van der Waals surface area contributed by atoms with Crippen LogP contribution in [0, 0.1) is 0 Å². The first-order valence-electron chi connectivity index (χ1n) is 9.14. The number of fused-ring (bicyclic) bond motifs is 1. The molecule has 0 radical (unpaired) electrons. The number of hydrogen-bond donors (Lipinski definition) is 2. The molecule has 8 heteroatoms. The van der Waals surface area contributed by atoms with E-state index in [-0.39, 0.29) is 16.7 Å². The highest BCUT2D eigenvalue weighted by molar-refractivity contribution is 6.02. The van der Waals surface area contributed by atoms with Gasteiger partial charge in [-0.15, -0.1) is 0 Å². The number of nitrogens with zero attached hydrogens (tertiary/aromatic N) is 2. The fraction of sp³-hybridized carbons (Fsp3) is 0.0435. The highest BCUT2D eigenvalue weighted by Gasteiger charge is 2.34. The number of halogens is 3. The average Bonchev–Trinajstić information content (AvgIpc) is 2.73. The van der Waals surface area contributed by atoms with Gasteiger partial charge in [-0.1, -0.05) is 36.4 Å². The first kappa shape index (κ1) is 20.2. The van der Waals surface area contributed by atoms with Crippen molar-refractivity contribution >= 4 is 22.7 Å². The Bertz CT molecular complexity index is 1370. The smallest absolute Gasteiger partial charge is 0.418 e. The lowest BCUT2D eigenvalue weighted by Crippen LogP contribution is -2.23. The molecule has 2 N–H and O–H groups in total. The fourth-order valence-electron chi connectivity index (χ4n) is 3.33. The molecular weight excluding hydrogens is 409 g/mol. The summed E-state index contributed by atoms with van der Waals surface area (Å²) in [6.07, 6.45) is -3.48.